The van der Waals surface area contributed by atoms with Crippen LogP contribution in [-0.4, -0.2) is 43.2 Å². The normalized spacial score (nSPS) is 15.5. The van der Waals surface area contributed by atoms with E-state index >= 15 is 0 Å². The first kappa shape index (κ1) is 18.4. The minimum absolute atomic E-state index is 0.0151. The zero-order valence-electron chi connectivity index (χ0n) is 15.0. The van der Waals surface area contributed by atoms with E-state index in [1.165, 1.54) is 0 Å². The van der Waals surface area contributed by atoms with Crippen LogP contribution in [0.25, 0.3) is 5.57 Å². The standard InChI is InChI=1S/C22H25NO3/c1-18(20-10-6-3-7-11-20)16-21(22(24)23-12-14-25-15-13-23)26-17-19-8-4-2-5-9-19/h2-11,21H,1,12-17H2/t21-/m0/s1. The molecule has 1 saturated heterocycles. The quantitative estimate of drug-likeness (QED) is 0.766. The van der Waals surface area contributed by atoms with Crippen molar-refractivity contribution < 1.29 is 14.3 Å². The van der Waals surface area contributed by atoms with Crippen LogP contribution < -0.4 is 0 Å². The highest BCUT2D eigenvalue weighted by Crippen LogP contribution is 2.21. The number of nitrogens with zero attached hydrogens (tertiary/aromatic N) is 1. The van der Waals surface area contributed by atoms with E-state index in [-0.39, 0.29) is 5.91 Å². The Morgan fingerprint density at radius 2 is 1.65 bits per heavy atom. The average Bonchev–Trinajstić information content (AvgIpc) is 2.72. The van der Waals surface area contributed by atoms with Gasteiger partial charge in [0.05, 0.1) is 19.8 Å². The number of morpholine rings is 1. The molecule has 0 unspecified atom stereocenters. The van der Waals surface area contributed by atoms with Gasteiger partial charge < -0.3 is 14.4 Å². The van der Waals surface area contributed by atoms with Crippen molar-refractivity contribution in [2.24, 2.45) is 0 Å². The molecule has 1 amide bonds. The Kier molecular flexibility index (Phi) is 6.58. The first-order valence-electron chi connectivity index (χ1n) is 8.99. The van der Waals surface area contributed by atoms with Gasteiger partial charge in [-0.15, -0.1) is 0 Å². The Bertz CT molecular complexity index is 709. The van der Waals surface area contributed by atoms with Crippen molar-refractivity contribution in [3.05, 3.63) is 78.4 Å². The molecule has 0 spiro atoms. The SMILES string of the molecule is C=C(C[C@H](OCc1ccccc1)C(=O)N1CCOCC1)c1ccccc1. The van der Waals surface area contributed by atoms with Gasteiger partial charge in [0.1, 0.15) is 6.10 Å². The molecule has 0 bridgehead atoms. The summed E-state index contributed by atoms with van der Waals surface area (Å²) < 4.78 is 11.4. The molecule has 1 fully saturated rings. The summed E-state index contributed by atoms with van der Waals surface area (Å²) >= 11 is 0. The maximum Gasteiger partial charge on any atom is 0.252 e. The number of hydrogen-bond acceptors (Lipinski definition) is 3. The fourth-order valence-electron chi connectivity index (χ4n) is 2.99. The van der Waals surface area contributed by atoms with Gasteiger partial charge >= 0.3 is 0 Å². The van der Waals surface area contributed by atoms with Crippen LogP contribution in [0.2, 0.25) is 0 Å². The molecule has 4 nitrogen and oxygen atoms in total. The van der Waals surface area contributed by atoms with Gasteiger partial charge in [-0.05, 0) is 16.7 Å². The first-order chi connectivity index (χ1) is 12.7. The number of carbonyl (C=O) groups is 1. The first-order valence-corrected chi connectivity index (χ1v) is 8.99. The van der Waals surface area contributed by atoms with Crippen molar-refractivity contribution >= 4 is 11.5 Å². The van der Waals surface area contributed by atoms with Crippen LogP contribution in [0, 0.1) is 0 Å². The average molecular weight is 351 g/mol. The van der Waals surface area contributed by atoms with Crippen molar-refractivity contribution in [2.45, 2.75) is 19.1 Å². The van der Waals surface area contributed by atoms with Gasteiger partial charge in [-0.25, -0.2) is 0 Å². The second kappa shape index (κ2) is 9.32. The zero-order valence-corrected chi connectivity index (χ0v) is 15.0. The largest absolute Gasteiger partial charge is 0.378 e. The van der Waals surface area contributed by atoms with Crippen LogP contribution in [0.15, 0.2) is 67.2 Å². The minimum Gasteiger partial charge on any atom is -0.378 e. The summed E-state index contributed by atoms with van der Waals surface area (Å²) in [7, 11) is 0. The summed E-state index contributed by atoms with van der Waals surface area (Å²) in [6.45, 7) is 6.96. The second-order valence-electron chi connectivity index (χ2n) is 6.40. The number of benzene rings is 2. The third kappa shape index (κ3) is 5.04. The summed E-state index contributed by atoms with van der Waals surface area (Å²) in [4.78, 5) is 14.8. The van der Waals surface area contributed by atoms with E-state index in [2.05, 4.69) is 6.58 Å². The Balaban J connectivity index is 1.69. The number of carbonyl (C=O) groups excluding carboxylic acids is 1. The molecule has 3 rings (SSSR count). The van der Waals surface area contributed by atoms with Gasteiger partial charge in [-0.1, -0.05) is 67.2 Å². The molecule has 136 valence electrons. The molecule has 1 atom stereocenters. The van der Waals surface area contributed by atoms with Gasteiger partial charge in [0.15, 0.2) is 0 Å². The van der Waals surface area contributed by atoms with Crippen molar-refractivity contribution in [3.63, 3.8) is 0 Å². The van der Waals surface area contributed by atoms with E-state index < -0.39 is 6.10 Å². The van der Waals surface area contributed by atoms with Crippen LogP contribution in [0.1, 0.15) is 17.5 Å². The molecular formula is C22H25NO3. The van der Waals surface area contributed by atoms with Crippen LogP contribution in [-0.2, 0) is 20.9 Å². The number of ether oxygens (including phenoxy) is 2. The lowest BCUT2D eigenvalue weighted by atomic mass is 10.0. The molecule has 26 heavy (non-hydrogen) atoms. The summed E-state index contributed by atoms with van der Waals surface area (Å²) in [5, 5.41) is 0. The molecule has 2 aromatic rings. The van der Waals surface area contributed by atoms with Gasteiger partial charge in [0.25, 0.3) is 5.91 Å². The van der Waals surface area contributed by atoms with Crippen LogP contribution >= 0.6 is 0 Å². The van der Waals surface area contributed by atoms with E-state index in [4.69, 9.17) is 9.47 Å². The predicted octanol–water partition coefficient (Wildman–Crippen LogP) is 3.53. The lowest BCUT2D eigenvalue weighted by molar-refractivity contribution is -0.148. The minimum atomic E-state index is -0.541. The maximum absolute atomic E-state index is 13.0. The number of rotatable bonds is 7. The molecular weight excluding hydrogens is 326 g/mol. The van der Waals surface area contributed by atoms with Crippen LogP contribution in [0.4, 0.5) is 0 Å². The highest BCUT2D eigenvalue weighted by Gasteiger charge is 2.27. The molecule has 1 aliphatic rings. The Labute approximate surface area is 155 Å². The Morgan fingerprint density at radius 3 is 2.31 bits per heavy atom. The smallest absolute Gasteiger partial charge is 0.252 e. The molecule has 2 aromatic carbocycles. The van der Waals surface area contributed by atoms with Crippen molar-refractivity contribution in [1.82, 2.24) is 4.90 Å². The lowest BCUT2D eigenvalue weighted by Gasteiger charge is -2.30. The van der Waals surface area contributed by atoms with Gasteiger partial charge in [-0.2, -0.15) is 0 Å². The summed E-state index contributed by atoms with van der Waals surface area (Å²) in [5.74, 6) is 0.0151. The van der Waals surface area contributed by atoms with Crippen molar-refractivity contribution in [2.75, 3.05) is 26.3 Å². The Hall–Kier alpha value is -2.43. The maximum atomic E-state index is 13.0. The molecule has 0 saturated carbocycles. The summed E-state index contributed by atoms with van der Waals surface area (Å²) in [5.41, 5.74) is 3.00. The van der Waals surface area contributed by atoms with E-state index in [9.17, 15) is 4.79 Å². The third-order valence-corrected chi connectivity index (χ3v) is 4.51. The van der Waals surface area contributed by atoms with Gasteiger partial charge in [0, 0.05) is 19.5 Å². The van der Waals surface area contributed by atoms with Crippen LogP contribution in [0.3, 0.4) is 0 Å². The fourth-order valence-corrected chi connectivity index (χ4v) is 2.99. The van der Waals surface area contributed by atoms with E-state index in [1.54, 1.807) is 0 Å². The summed E-state index contributed by atoms with van der Waals surface area (Å²) in [6.07, 6.45) is -0.0615. The highest BCUT2D eigenvalue weighted by molar-refractivity contribution is 5.83. The van der Waals surface area contributed by atoms with E-state index in [0.29, 0.717) is 39.3 Å². The lowest BCUT2D eigenvalue weighted by Crippen LogP contribution is -2.46. The topological polar surface area (TPSA) is 38.8 Å². The molecule has 0 radical (unpaired) electrons. The monoisotopic (exact) mass is 351 g/mol. The van der Waals surface area contributed by atoms with Crippen molar-refractivity contribution in [1.29, 1.82) is 0 Å². The molecule has 0 N–H and O–H groups in total. The second-order valence-corrected chi connectivity index (χ2v) is 6.40. The Morgan fingerprint density at radius 1 is 1.04 bits per heavy atom. The highest BCUT2D eigenvalue weighted by atomic mass is 16.5. The molecule has 0 aliphatic carbocycles. The molecule has 1 aliphatic heterocycles. The third-order valence-electron chi connectivity index (χ3n) is 4.51. The molecule has 4 heteroatoms. The van der Waals surface area contributed by atoms with Gasteiger partial charge in [0.2, 0.25) is 0 Å². The zero-order chi connectivity index (χ0) is 18.2. The number of hydrogen-bond donors (Lipinski definition) is 0. The number of amides is 1. The van der Waals surface area contributed by atoms with Crippen LogP contribution in [0.5, 0.6) is 0 Å². The van der Waals surface area contributed by atoms with Crippen molar-refractivity contribution in [3.8, 4) is 0 Å². The fraction of sp³-hybridized carbons (Fsp3) is 0.318. The summed E-state index contributed by atoms with van der Waals surface area (Å²) in [6, 6.07) is 19.9. The van der Waals surface area contributed by atoms with Gasteiger partial charge in [-0.3, -0.25) is 4.79 Å². The predicted molar refractivity (Wildman–Crippen MR) is 103 cm³/mol. The van der Waals surface area contributed by atoms with E-state index in [0.717, 1.165) is 16.7 Å². The molecule has 1 heterocycles. The molecule has 0 aromatic heterocycles. The van der Waals surface area contributed by atoms with E-state index in [1.807, 2.05) is 65.6 Å².